The van der Waals surface area contributed by atoms with E-state index in [1.165, 1.54) is 7.11 Å². The SMILES string of the molecule is COC(=O)c1ccc(CNC(=O)c2ccc(Nc3nc(C)cc(C)n3)cc2)cc1. The largest absolute Gasteiger partial charge is 0.465 e. The molecule has 1 amide bonds. The summed E-state index contributed by atoms with van der Waals surface area (Å²) in [6.45, 7) is 4.18. The Labute approximate surface area is 169 Å². The topological polar surface area (TPSA) is 93.2 Å². The molecule has 0 aliphatic heterocycles. The summed E-state index contributed by atoms with van der Waals surface area (Å²) in [4.78, 5) is 32.5. The number of carbonyl (C=O) groups is 2. The van der Waals surface area contributed by atoms with E-state index in [-0.39, 0.29) is 11.9 Å². The van der Waals surface area contributed by atoms with Crippen molar-refractivity contribution in [1.82, 2.24) is 15.3 Å². The van der Waals surface area contributed by atoms with Crippen LogP contribution in [0.2, 0.25) is 0 Å². The van der Waals surface area contributed by atoms with E-state index in [4.69, 9.17) is 0 Å². The van der Waals surface area contributed by atoms with E-state index in [9.17, 15) is 9.59 Å². The Bertz CT molecular complexity index is 995. The Hall–Kier alpha value is -3.74. The van der Waals surface area contributed by atoms with E-state index in [2.05, 4.69) is 25.3 Å². The van der Waals surface area contributed by atoms with Gasteiger partial charge in [-0.3, -0.25) is 4.79 Å². The lowest BCUT2D eigenvalue weighted by atomic mass is 10.1. The van der Waals surface area contributed by atoms with Gasteiger partial charge in [0.05, 0.1) is 12.7 Å². The van der Waals surface area contributed by atoms with Crippen molar-refractivity contribution in [3.63, 3.8) is 0 Å². The Morgan fingerprint density at radius 2 is 1.48 bits per heavy atom. The molecule has 7 heteroatoms. The number of hydrogen-bond donors (Lipinski definition) is 2. The predicted molar refractivity (Wildman–Crippen MR) is 110 cm³/mol. The molecule has 0 bridgehead atoms. The molecule has 0 fully saturated rings. The molecule has 1 heterocycles. The minimum Gasteiger partial charge on any atom is -0.465 e. The second-order valence-electron chi connectivity index (χ2n) is 6.55. The van der Waals surface area contributed by atoms with Crippen molar-refractivity contribution in [3.05, 3.63) is 82.7 Å². The number of aryl methyl sites for hydroxylation is 2. The fourth-order valence-corrected chi connectivity index (χ4v) is 2.78. The number of ether oxygens (including phenoxy) is 1. The molecule has 2 aromatic carbocycles. The summed E-state index contributed by atoms with van der Waals surface area (Å²) in [5.74, 6) is -0.0492. The number of benzene rings is 2. The number of esters is 1. The summed E-state index contributed by atoms with van der Waals surface area (Å²) < 4.78 is 4.67. The second-order valence-corrected chi connectivity index (χ2v) is 6.55. The summed E-state index contributed by atoms with van der Waals surface area (Å²) in [5, 5.41) is 6.00. The number of nitrogens with zero attached hydrogens (tertiary/aromatic N) is 2. The third-order valence-electron chi connectivity index (χ3n) is 4.21. The normalized spacial score (nSPS) is 10.3. The maximum Gasteiger partial charge on any atom is 0.337 e. The molecular weight excluding hydrogens is 368 g/mol. The maximum atomic E-state index is 12.4. The molecule has 0 atom stereocenters. The Morgan fingerprint density at radius 1 is 0.897 bits per heavy atom. The molecule has 29 heavy (non-hydrogen) atoms. The van der Waals surface area contributed by atoms with Gasteiger partial charge in [-0.25, -0.2) is 14.8 Å². The van der Waals surface area contributed by atoms with Crippen LogP contribution in [0, 0.1) is 13.8 Å². The fourth-order valence-electron chi connectivity index (χ4n) is 2.78. The van der Waals surface area contributed by atoms with Gasteiger partial charge >= 0.3 is 5.97 Å². The molecule has 0 spiro atoms. The van der Waals surface area contributed by atoms with Gasteiger partial charge in [-0.1, -0.05) is 12.1 Å². The number of anilines is 2. The van der Waals surface area contributed by atoms with E-state index in [0.717, 1.165) is 22.6 Å². The van der Waals surface area contributed by atoms with Gasteiger partial charge in [0.15, 0.2) is 0 Å². The average molecular weight is 390 g/mol. The van der Waals surface area contributed by atoms with Gasteiger partial charge < -0.3 is 15.4 Å². The number of rotatable bonds is 6. The molecule has 7 nitrogen and oxygen atoms in total. The first-order valence-corrected chi connectivity index (χ1v) is 9.09. The zero-order valence-electron chi connectivity index (χ0n) is 16.5. The highest BCUT2D eigenvalue weighted by molar-refractivity contribution is 5.94. The van der Waals surface area contributed by atoms with Crippen molar-refractivity contribution in [2.75, 3.05) is 12.4 Å². The maximum absolute atomic E-state index is 12.4. The first-order chi connectivity index (χ1) is 13.9. The smallest absolute Gasteiger partial charge is 0.337 e. The third kappa shape index (κ3) is 5.38. The van der Waals surface area contributed by atoms with Crippen LogP contribution < -0.4 is 10.6 Å². The van der Waals surface area contributed by atoms with Gasteiger partial charge in [0, 0.05) is 29.2 Å². The number of carbonyl (C=O) groups excluding carboxylic acids is 2. The highest BCUT2D eigenvalue weighted by Gasteiger charge is 2.08. The standard InChI is InChI=1S/C22H22N4O3/c1-14-12-15(2)25-22(24-14)26-19-10-8-17(9-11-19)20(27)23-13-16-4-6-18(7-5-16)21(28)29-3/h4-12H,13H2,1-3H3,(H,23,27)(H,24,25,26). The van der Waals surface area contributed by atoms with E-state index in [0.29, 0.717) is 23.6 Å². The van der Waals surface area contributed by atoms with Crippen molar-refractivity contribution in [2.24, 2.45) is 0 Å². The van der Waals surface area contributed by atoms with Crippen molar-refractivity contribution < 1.29 is 14.3 Å². The summed E-state index contributed by atoms with van der Waals surface area (Å²) in [6, 6.07) is 15.9. The second kappa shape index (κ2) is 8.97. The Kier molecular flexibility index (Phi) is 6.19. The van der Waals surface area contributed by atoms with E-state index < -0.39 is 0 Å². The van der Waals surface area contributed by atoms with E-state index in [1.807, 2.05) is 19.9 Å². The van der Waals surface area contributed by atoms with E-state index >= 15 is 0 Å². The van der Waals surface area contributed by atoms with Crippen LogP contribution in [-0.4, -0.2) is 29.0 Å². The Balaban J connectivity index is 1.58. The van der Waals surface area contributed by atoms with E-state index in [1.54, 1.807) is 48.5 Å². The fraction of sp³-hybridized carbons (Fsp3) is 0.182. The van der Waals surface area contributed by atoms with Gasteiger partial charge in [-0.2, -0.15) is 0 Å². The van der Waals surface area contributed by atoms with Crippen LogP contribution in [0.4, 0.5) is 11.6 Å². The molecule has 0 radical (unpaired) electrons. The molecule has 148 valence electrons. The summed E-state index contributed by atoms with van der Waals surface area (Å²) >= 11 is 0. The molecule has 3 rings (SSSR count). The van der Waals surface area contributed by atoms with Crippen LogP contribution in [0.3, 0.4) is 0 Å². The Morgan fingerprint density at radius 3 is 2.07 bits per heavy atom. The van der Waals surface area contributed by atoms with Gasteiger partial charge in [0.2, 0.25) is 5.95 Å². The molecular formula is C22H22N4O3. The predicted octanol–water partition coefficient (Wildman–Crippen LogP) is 3.55. The van der Waals surface area contributed by atoms with Crippen molar-refractivity contribution in [3.8, 4) is 0 Å². The summed E-state index contributed by atoms with van der Waals surface area (Å²) in [7, 11) is 1.34. The average Bonchev–Trinajstić information content (AvgIpc) is 2.71. The van der Waals surface area contributed by atoms with Gasteiger partial charge in [-0.15, -0.1) is 0 Å². The molecule has 3 aromatic rings. The van der Waals surface area contributed by atoms with Crippen LogP contribution in [0.5, 0.6) is 0 Å². The summed E-state index contributed by atoms with van der Waals surface area (Å²) in [5.41, 5.74) is 4.47. The lowest BCUT2D eigenvalue weighted by Gasteiger charge is -2.09. The van der Waals surface area contributed by atoms with Crippen LogP contribution in [0.15, 0.2) is 54.6 Å². The number of methoxy groups -OCH3 is 1. The van der Waals surface area contributed by atoms with Crippen LogP contribution >= 0.6 is 0 Å². The van der Waals surface area contributed by atoms with Crippen LogP contribution in [0.1, 0.15) is 37.7 Å². The van der Waals surface area contributed by atoms with Crippen molar-refractivity contribution in [1.29, 1.82) is 0 Å². The monoisotopic (exact) mass is 390 g/mol. The molecule has 0 saturated heterocycles. The van der Waals surface area contributed by atoms with Crippen LogP contribution in [-0.2, 0) is 11.3 Å². The zero-order chi connectivity index (χ0) is 20.8. The summed E-state index contributed by atoms with van der Waals surface area (Å²) in [6.07, 6.45) is 0. The zero-order valence-corrected chi connectivity index (χ0v) is 16.5. The van der Waals surface area contributed by atoms with Crippen molar-refractivity contribution in [2.45, 2.75) is 20.4 Å². The molecule has 0 unspecified atom stereocenters. The highest BCUT2D eigenvalue weighted by atomic mass is 16.5. The molecule has 2 N–H and O–H groups in total. The molecule has 1 aromatic heterocycles. The number of hydrogen-bond acceptors (Lipinski definition) is 6. The lowest BCUT2D eigenvalue weighted by Crippen LogP contribution is -2.22. The quantitative estimate of drug-likeness (QED) is 0.625. The minimum atomic E-state index is -0.388. The lowest BCUT2D eigenvalue weighted by molar-refractivity contribution is 0.0600. The van der Waals surface area contributed by atoms with Gasteiger partial charge in [-0.05, 0) is 61.9 Å². The van der Waals surface area contributed by atoms with Gasteiger partial charge in [0.25, 0.3) is 5.91 Å². The number of amides is 1. The number of aromatic nitrogens is 2. The van der Waals surface area contributed by atoms with Crippen molar-refractivity contribution >= 4 is 23.5 Å². The molecule has 0 aliphatic carbocycles. The minimum absolute atomic E-state index is 0.184. The first-order valence-electron chi connectivity index (χ1n) is 9.09. The van der Waals surface area contributed by atoms with Gasteiger partial charge in [0.1, 0.15) is 0 Å². The molecule has 0 aliphatic rings. The third-order valence-corrected chi connectivity index (χ3v) is 4.21. The van der Waals surface area contributed by atoms with Crippen LogP contribution in [0.25, 0.3) is 0 Å². The highest BCUT2D eigenvalue weighted by Crippen LogP contribution is 2.15. The first kappa shape index (κ1) is 20.0. The number of nitrogens with one attached hydrogen (secondary N) is 2. The molecule has 0 saturated carbocycles.